The van der Waals surface area contributed by atoms with Gasteiger partial charge in [-0.1, -0.05) is 11.2 Å². The van der Waals surface area contributed by atoms with Crippen molar-refractivity contribution in [3.8, 4) is 6.07 Å². The van der Waals surface area contributed by atoms with E-state index in [2.05, 4.69) is 28.5 Å². The van der Waals surface area contributed by atoms with E-state index in [0.717, 1.165) is 25.1 Å². The zero-order valence-corrected chi connectivity index (χ0v) is 9.23. The fourth-order valence-electron chi connectivity index (χ4n) is 1.80. The summed E-state index contributed by atoms with van der Waals surface area (Å²) in [7, 11) is 2.09. The summed E-state index contributed by atoms with van der Waals surface area (Å²) >= 11 is 0. The molecule has 0 amide bonds. The summed E-state index contributed by atoms with van der Waals surface area (Å²) in [4.78, 5) is 2.25. The van der Waals surface area contributed by atoms with Crippen LogP contribution >= 0.6 is 0 Å². The standard InChI is InChI=1S/C11H14N4O/c1-15-6-2-3-9(8-15)10-7-14-16-11(10)13-5-4-12/h3,7,13H,2,5-6,8H2,1H3. The molecule has 0 aliphatic carbocycles. The van der Waals surface area contributed by atoms with Crippen molar-refractivity contribution in [2.75, 3.05) is 32.0 Å². The van der Waals surface area contributed by atoms with Gasteiger partial charge in [0.05, 0.1) is 17.8 Å². The third-order valence-corrected chi connectivity index (χ3v) is 2.59. The molecule has 5 heteroatoms. The van der Waals surface area contributed by atoms with Gasteiger partial charge in [-0.15, -0.1) is 0 Å². The molecule has 0 radical (unpaired) electrons. The van der Waals surface area contributed by atoms with Crippen LogP contribution in [-0.2, 0) is 0 Å². The van der Waals surface area contributed by atoms with E-state index in [1.807, 2.05) is 6.07 Å². The summed E-state index contributed by atoms with van der Waals surface area (Å²) in [5.74, 6) is 0.586. The molecule has 1 aromatic heterocycles. The Hall–Kier alpha value is -1.80. The van der Waals surface area contributed by atoms with Crippen LogP contribution < -0.4 is 5.32 Å². The second-order valence-corrected chi connectivity index (χ2v) is 3.84. The first-order valence-electron chi connectivity index (χ1n) is 5.24. The molecule has 1 aliphatic heterocycles. The molecule has 84 valence electrons. The highest BCUT2D eigenvalue weighted by molar-refractivity contribution is 5.74. The van der Waals surface area contributed by atoms with Crippen LogP contribution in [0.3, 0.4) is 0 Å². The number of rotatable bonds is 3. The Morgan fingerprint density at radius 2 is 2.56 bits per heavy atom. The summed E-state index contributed by atoms with van der Waals surface area (Å²) < 4.78 is 5.08. The van der Waals surface area contributed by atoms with Crippen molar-refractivity contribution in [2.24, 2.45) is 0 Å². The molecule has 1 aliphatic rings. The minimum Gasteiger partial charge on any atom is -0.340 e. The van der Waals surface area contributed by atoms with Gasteiger partial charge in [-0.2, -0.15) is 5.26 Å². The zero-order valence-electron chi connectivity index (χ0n) is 9.23. The first-order valence-corrected chi connectivity index (χ1v) is 5.24. The molecule has 0 fully saturated rings. The lowest BCUT2D eigenvalue weighted by Crippen LogP contribution is -2.25. The number of nitriles is 1. The van der Waals surface area contributed by atoms with Crippen molar-refractivity contribution in [1.82, 2.24) is 10.1 Å². The Morgan fingerprint density at radius 1 is 1.69 bits per heavy atom. The van der Waals surface area contributed by atoms with Crippen molar-refractivity contribution >= 4 is 11.5 Å². The van der Waals surface area contributed by atoms with E-state index in [4.69, 9.17) is 9.78 Å². The van der Waals surface area contributed by atoms with E-state index in [9.17, 15) is 0 Å². The summed E-state index contributed by atoms with van der Waals surface area (Å²) in [5.41, 5.74) is 2.16. The highest BCUT2D eigenvalue weighted by Crippen LogP contribution is 2.26. The van der Waals surface area contributed by atoms with Gasteiger partial charge < -0.3 is 14.7 Å². The van der Waals surface area contributed by atoms with Gasteiger partial charge in [0.2, 0.25) is 5.88 Å². The molecule has 0 unspecified atom stereocenters. The highest BCUT2D eigenvalue weighted by atomic mass is 16.5. The van der Waals surface area contributed by atoms with Gasteiger partial charge in [-0.05, 0) is 19.0 Å². The average Bonchev–Trinajstić information content (AvgIpc) is 2.74. The molecule has 1 aromatic rings. The number of nitrogens with zero attached hydrogens (tertiary/aromatic N) is 3. The van der Waals surface area contributed by atoms with Crippen molar-refractivity contribution < 1.29 is 4.52 Å². The Bertz CT molecular complexity index is 429. The lowest BCUT2D eigenvalue weighted by molar-refractivity contribution is 0.372. The molecule has 0 saturated heterocycles. The van der Waals surface area contributed by atoms with Gasteiger partial charge in [0, 0.05) is 13.1 Å². The van der Waals surface area contributed by atoms with Crippen LogP contribution in [0.4, 0.5) is 5.88 Å². The van der Waals surface area contributed by atoms with Crippen LogP contribution in [0.5, 0.6) is 0 Å². The number of nitrogens with one attached hydrogen (secondary N) is 1. The fraction of sp³-hybridized carbons (Fsp3) is 0.455. The molecule has 0 saturated carbocycles. The van der Waals surface area contributed by atoms with Crippen LogP contribution in [0.2, 0.25) is 0 Å². The highest BCUT2D eigenvalue weighted by Gasteiger charge is 2.16. The predicted octanol–water partition coefficient (Wildman–Crippen LogP) is 1.33. The molecular weight excluding hydrogens is 204 g/mol. The summed E-state index contributed by atoms with van der Waals surface area (Å²) in [6.07, 6.45) is 4.93. The van der Waals surface area contributed by atoms with Gasteiger partial charge in [-0.3, -0.25) is 0 Å². The number of anilines is 1. The van der Waals surface area contributed by atoms with Gasteiger partial charge in [0.25, 0.3) is 0 Å². The van der Waals surface area contributed by atoms with Crippen LogP contribution in [0.1, 0.15) is 12.0 Å². The van der Waals surface area contributed by atoms with Gasteiger partial charge in [0.15, 0.2) is 0 Å². The summed E-state index contributed by atoms with van der Waals surface area (Å²) in [6, 6.07) is 2.02. The van der Waals surface area contributed by atoms with Crippen LogP contribution in [0.15, 0.2) is 16.8 Å². The summed E-state index contributed by atoms with van der Waals surface area (Å²) in [6.45, 7) is 2.20. The maximum Gasteiger partial charge on any atom is 0.233 e. The molecule has 2 heterocycles. The first kappa shape index (κ1) is 10.7. The molecule has 0 aromatic carbocycles. The van der Waals surface area contributed by atoms with E-state index in [1.165, 1.54) is 5.57 Å². The van der Waals surface area contributed by atoms with Gasteiger partial charge in [-0.25, -0.2) is 0 Å². The second-order valence-electron chi connectivity index (χ2n) is 3.84. The maximum absolute atomic E-state index is 8.51. The minimum absolute atomic E-state index is 0.227. The third-order valence-electron chi connectivity index (χ3n) is 2.59. The number of aromatic nitrogens is 1. The number of likely N-dealkylation sites (N-methyl/N-ethyl adjacent to an activating group) is 1. The van der Waals surface area contributed by atoms with Crippen molar-refractivity contribution in [3.05, 3.63) is 17.8 Å². The van der Waals surface area contributed by atoms with E-state index in [0.29, 0.717) is 5.88 Å². The SMILES string of the molecule is CN1CCC=C(c2cnoc2NCC#N)C1. The number of hydrogen-bond acceptors (Lipinski definition) is 5. The Morgan fingerprint density at radius 3 is 3.31 bits per heavy atom. The normalized spacial score (nSPS) is 16.6. The predicted molar refractivity (Wildman–Crippen MR) is 60.7 cm³/mol. The van der Waals surface area contributed by atoms with E-state index < -0.39 is 0 Å². The molecule has 5 nitrogen and oxygen atoms in total. The lowest BCUT2D eigenvalue weighted by Gasteiger charge is -2.22. The van der Waals surface area contributed by atoms with Crippen molar-refractivity contribution in [3.63, 3.8) is 0 Å². The zero-order chi connectivity index (χ0) is 11.4. The average molecular weight is 218 g/mol. The lowest BCUT2D eigenvalue weighted by atomic mass is 10.0. The monoisotopic (exact) mass is 218 g/mol. The summed E-state index contributed by atoms with van der Waals surface area (Å²) in [5, 5.41) is 15.2. The molecule has 1 N–H and O–H groups in total. The van der Waals surface area contributed by atoms with Gasteiger partial charge >= 0.3 is 0 Å². The third kappa shape index (κ3) is 2.23. The molecule has 0 bridgehead atoms. The van der Waals surface area contributed by atoms with E-state index in [1.54, 1.807) is 6.20 Å². The number of hydrogen-bond donors (Lipinski definition) is 1. The topological polar surface area (TPSA) is 65.1 Å². The molecule has 0 spiro atoms. The minimum atomic E-state index is 0.227. The molecule has 16 heavy (non-hydrogen) atoms. The van der Waals surface area contributed by atoms with Crippen molar-refractivity contribution in [1.29, 1.82) is 5.26 Å². The Labute approximate surface area is 94.3 Å². The quantitative estimate of drug-likeness (QED) is 0.775. The Balaban J connectivity index is 2.17. The largest absolute Gasteiger partial charge is 0.340 e. The van der Waals surface area contributed by atoms with E-state index >= 15 is 0 Å². The molecule has 0 atom stereocenters. The maximum atomic E-state index is 8.51. The Kier molecular flexibility index (Phi) is 3.22. The van der Waals surface area contributed by atoms with Crippen molar-refractivity contribution in [2.45, 2.75) is 6.42 Å². The fourth-order valence-corrected chi connectivity index (χ4v) is 1.80. The van der Waals surface area contributed by atoms with Crippen LogP contribution in [0.25, 0.3) is 5.57 Å². The smallest absolute Gasteiger partial charge is 0.233 e. The van der Waals surface area contributed by atoms with Crippen LogP contribution in [0, 0.1) is 11.3 Å². The van der Waals surface area contributed by atoms with Crippen LogP contribution in [-0.4, -0.2) is 36.7 Å². The first-order chi connectivity index (χ1) is 7.81. The van der Waals surface area contributed by atoms with Gasteiger partial charge in [0.1, 0.15) is 6.54 Å². The molecular formula is C11H14N4O. The van der Waals surface area contributed by atoms with E-state index in [-0.39, 0.29) is 6.54 Å². The second kappa shape index (κ2) is 4.81. The molecule has 2 rings (SSSR count).